The number of rotatable bonds is 5. The molecule has 0 atom stereocenters. The minimum Gasteiger partial charge on any atom is -1.00 e. The van der Waals surface area contributed by atoms with Crippen molar-refractivity contribution in [3.63, 3.8) is 0 Å². The number of allylic oxidation sites excluding steroid dienone is 4. The van der Waals surface area contributed by atoms with Crippen LogP contribution in [0.25, 0.3) is 0 Å². The third-order valence-corrected chi connectivity index (χ3v) is 20.6. The summed E-state index contributed by atoms with van der Waals surface area (Å²) in [5.41, 5.74) is 6.30. The molecular formula is C29H33ClSiTi. The zero-order valence-electron chi connectivity index (χ0n) is 20.0. The summed E-state index contributed by atoms with van der Waals surface area (Å²) in [5.74, 6) is 0. The van der Waals surface area contributed by atoms with Crippen molar-refractivity contribution in [2.24, 2.45) is 0 Å². The van der Waals surface area contributed by atoms with Crippen molar-refractivity contribution in [1.82, 2.24) is 0 Å². The molecule has 0 N–H and O–H groups in total. The molecule has 1 aliphatic rings. The van der Waals surface area contributed by atoms with Gasteiger partial charge in [-0.3, -0.25) is 0 Å². The fourth-order valence-electron chi connectivity index (χ4n) is 6.31. The Labute approximate surface area is 207 Å². The van der Waals surface area contributed by atoms with Gasteiger partial charge in [0.2, 0.25) is 0 Å². The first kappa shape index (κ1) is 25.0. The molecule has 0 nitrogen and oxygen atoms in total. The maximum atomic E-state index is 2.61. The predicted octanol–water partition coefficient (Wildman–Crippen LogP) is 3.26. The van der Waals surface area contributed by atoms with Crippen LogP contribution in [0.2, 0.25) is 13.8 Å². The van der Waals surface area contributed by atoms with Crippen molar-refractivity contribution in [3.8, 4) is 0 Å². The molecule has 0 unspecified atom stereocenters. The summed E-state index contributed by atoms with van der Waals surface area (Å²) in [6.45, 7) is 9.62. The molecule has 32 heavy (non-hydrogen) atoms. The Morgan fingerprint density at radius 3 is 1.06 bits per heavy atom. The zero-order valence-corrected chi connectivity index (χ0v) is 23.4. The molecule has 164 valence electrons. The van der Waals surface area contributed by atoms with Gasteiger partial charge in [-0.1, -0.05) is 0 Å². The molecule has 3 aromatic rings. The van der Waals surface area contributed by atoms with E-state index in [0.29, 0.717) is 0 Å². The molecule has 4 rings (SSSR count). The van der Waals surface area contributed by atoms with Gasteiger partial charge in [0, 0.05) is 0 Å². The normalized spacial score (nSPS) is 15.6. The van der Waals surface area contributed by atoms with Crippen LogP contribution in [0.4, 0.5) is 0 Å². The molecule has 0 aromatic heterocycles. The minimum atomic E-state index is -2.46. The first-order valence-corrected chi connectivity index (χ1v) is 17.1. The van der Waals surface area contributed by atoms with Gasteiger partial charge in [0.05, 0.1) is 0 Å². The average Bonchev–Trinajstić information content (AvgIpc) is 2.98. The minimum absolute atomic E-state index is 0. The number of hydrogen-bond donors (Lipinski definition) is 0. The molecule has 3 heteroatoms. The van der Waals surface area contributed by atoms with Crippen molar-refractivity contribution in [2.45, 2.75) is 41.5 Å². The second kappa shape index (κ2) is 9.69. The summed E-state index contributed by atoms with van der Waals surface area (Å²) in [4.78, 5) is 0. The largest absolute Gasteiger partial charge is 1.00 e. The molecule has 0 amide bonds. The Bertz CT molecular complexity index is 1010. The predicted molar refractivity (Wildman–Crippen MR) is 135 cm³/mol. The maximum absolute atomic E-state index is 2.61. The van der Waals surface area contributed by atoms with Gasteiger partial charge in [-0.05, 0) is 0 Å². The van der Waals surface area contributed by atoms with E-state index < -0.39 is 25.9 Å². The van der Waals surface area contributed by atoms with Crippen LogP contribution in [0.15, 0.2) is 113 Å². The third-order valence-electron chi connectivity index (χ3n) is 7.75. The van der Waals surface area contributed by atoms with E-state index in [9.17, 15) is 0 Å². The van der Waals surface area contributed by atoms with Crippen LogP contribution < -0.4 is 28.0 Å². The summed E-state index contributed by atoms with van der Waals surface area (Å²) in [7, 11) is -2.46. The van der Waals surface area contributed by atoms with E-state index in [-0.39, 0.29) is 15.8 Å². The second-order valence-electron chi connectivity index (χ2n) is 9.10. The average molecular weight is 493 g/mol. The topological polar surface area (TPSA) is 0 Å². The van der Waals surface area contributed by atoms with E-state index >= 15 is 0 Å². The van der Waals surface area contributed by atoms with Gasteiger partial charge < -0.3 is 12.4 Å². The fraction of sp³-hybridized carbons (Fsp3) is 0.241. The van der Waals surface area contributed by atoms with Crippen LogP contribution in [-0.4, -0.2) is 8.07 Å². The molecule has 3 aromatic carbocycles. The Hall–Kier alpha value is -1.64. The van der Waals surface area contributed by atoms with Gasteiger partial charge in [-0.15, -0.1) is 0 Å². The zero-order chi connectivity index (χ0) is 22.2. The molecule has 0 spiro atoms. The SMILES string of the molecule is CC1=C(C)[C]([Ti+]([CH3])[CH3])([Si](c2ccccc2)(c2ccccc2)c2ccccc2)C(C)=C1C.[Cl-]. The van der Waals surface area contributed by atoms with Gasteiger partial charge in [0.1, 0.15) is 0 Å². The van der Waals surface area contributed by atoms with Gasteiger partial charge in [-0.2, -0.15) is 0 Å². The summed E-state index contributed by atoms with van der Waals surface area (Å²) in [5, 5.41) is 9.80. The van der Waals surface area contributed by atoms with Crippen molar-refractivity contribution in [1.29, 1.82) is 0 Å². The van der Waals surface area contributed by atoms with Crippen LogP contribution in [0, 0.1) is 0 Å². The molecule has 0 radical (unpaired) electrons. The molecule has 0 fully saturated rings. The van der Waals surface area contributed by atoms with E-state index in [0.717, 1.165) is 0 Å². The molecule has 0 heterocycles. The third kappa shape index (κ3) is 3.37. The van der Waals surface area contributed by atoms with Crippen molar-refractivity contribution in [2.75, 3.05) is 0 Å². The van der Waals surface area contributed by atoms with Crippen LogP contribution in [0.3, 0.4) is 0 Å². The monoisotopic (exact) mass is 492 g/mol. The first-order valence-electron chi connectivity index (χ1n) is 11.2. The molecule has 0 aliphatic heterocycles. The van der Waals surface area contributed by atoms with Gasteiger partial charge in [0.25, 0.3) is 0 Å². The standard InChI is InChI=1S/C27H27Si.2CH3.ClH.Ti/c1-20-21(2)23(4)27(22(20)3)28(24-14-8-5-9-15-24,25-16-10-6-11-17-25)26-18-12-7-13-19-26;;;;/h5-19H,1-4H3;2*1H3;1H;/q;;;;+1/p-1. The van der Waals surface area contributed by atoms with E-state index in [1.54, 1.807) is 11.1 Å². The van der Waals surface area contributed by atoms with Crippen molar-refractivity contribution in [3.05, 3.63) is 113 Å². The Balaban J connectivity index is 0.00000289. The maximum Gasteiger partial charge on any atom is -1.00 e. The molecule has 1 aliphatic carbocycles. The summed E-state index contributed by atoms with van der Waals surface area (Å²) in [6.07, 6.45) is 0. The fourth-order valence-corrected chi connectivity index (χ4v) is 21.4. The van der Waals surface area contributed by atoms with Crippen molar-refractivity contribution < 1.29 is 30.3 Å². The summed E-state index contributed by atoms with van der Waals surface area (Å²) < 4.78 is 0.144. The molecular weight excluding hydrogens is 460 g/mol. The van der Waals surface area contributed by atoms with E-state index in [1.165, 1.54) is 26.7 Å². The van der Waals surface area contributed by atoms with Gasteiger partial charge in [0.15, 0.2) is 0 Å². The van der Waals surface area contributed by atoms with Crippen molar-refractivity contribution >= 4 is 23.6 Å². The van der Waals surface area contributed by atoms with E-state index in [2.05, 4.69) is 129 Å². The van der Waals surface area contributed by atoms with Gasteiger partial charge in [-0.25, -0.2) is 0 Å². The number of hydrogen-bond acceptors (Lipinski definition) is 0. The Morgan fingerprint density at radius 2 is 0.812 bits per heavy atom. The molecule has 0 saturated heterocycles. The Morgan fingerprint density at radius 1 is 0.531 bits per heavy atom. The van der Waals surface area contributed by atoms with Crippen LogP contribution in [-0.2, 0) is 17.9 Å². The van der Waals surface area contributed by atoms with E-state index in [4.69, 9.17) is 0 Å². The Kier molecular flexibility index (Phi) is 7.57. The smallest absolute Gasteiger partial charge is 1.00 e. The molecule has 0 bridgehead atoms. The second-order valence-corrected chi connectivity index (χ2v) is 18.2. The summed E-state index contributed by atoms with van der Waals surface area (Å²) in [6, 6.07) is 34.5. The first-order chi connectivity index (χ1) is 14.9. The number of benzene rings is 3. The number of halogens is 1. The van der Waals surface area contributed by atoms with E-state index in [1.807, 2.05) is 0 Å². The van der Waals surface area contributed by atoms with Crippen LogP contribution >= 0.6 is 0 Å². The quantitative estimate of drug-likeness (QED) is 0.379. The van der Waals surface area contributed by atoms with Gasteiger partial charge >= 0.3 is 196 Å². The molecule has 0 saturated carbocycles. The van der Waals surface area contributed by atoms with Crippen LogP contribution in [0.5, 0.6) is 0 Å². The van der Waals surface area contributed by atoms with Crippen LogP contribution in [0.1, 0.15) is 27.7 Å². The summed E-state index contributed by atoms with van der Waals surface area (Å²) >= 11 is -1.58.